The van der Waals surface area contributed by atoms with Crippen LogP contribution in [0.3, 0.4) is 0 Å². The van der Waals surface area contributed by atoms with E-state index in [1.165, 1.54) is 12.1 Å². The Bertz CT molecular complexity index is 742. The zero-order valence-corrected chi connectivity index (χ0v) is 14.7. The Morgan fingerprint density at radius 1 is 1.08 bits per heavy atom. The van der Waals surface area contributed by atoms with Crippen molar-refractivity contribution in [3.8, 4) is 0 Å². The molecule has 0 saturated heterocycles. The molecule has 0 aliphatic rings. The number of benzene rings is 2. The van der Waals surface area contributed by atoms with E-state index in [1.807, 2.05) is 32.9 Å². The minimum Gasteiger partial charge on any atom is -0.350 e. The zero-order chi connectivity index (χ0) is 18.4. The maximum Gasteiger partial charge on any atom is 0.251 e. The van der Waals surface area contributed by atoms with Gasteiger partial charge in [0.2, 0.25) is 5.91 Å². The van der Waals surface area contributed by atoms with Crippen molar-refractivity contribution in [3.63, 3.8) is 0 Å². The van der Waals surface area contributed by atoms with Gasteiger partial charge in [-0.25, -0.2) is 4.39 Å². The van der Waals surface area contributed by atoms with E-state index >= 15 is 0 Å². The molecule has 0 aliphatic carbocycles. The molecule has 0 spiro atoms. The SMILES string of the molecule is Cc1ccc(C(=O)NC(C(=O)NCc2cccc(F)c2)C(C)C)cc1. The molecule has 1 atom stereocenters. The Kier molecular flexibility index (Phi) is 6.28. The van der Waals surface area contributed by atoms with Crippen LogP contribution in [-0.4, -0.2) is 17.9 Å². The van der Waals surface area contributed by atoms with Crippen LogP contribution >= 0.6 is 0 Å². The Morgan fingerprint density at radius 2 is 1.76 bits per heavy atom. The highest BCUT2D eigenvalue weighted by Crippen LogP contribution is 2.08. The van der Waals surface area contributed by atoms with Crippen molar-refractivity contribution in [3.05, 3.63) is 71.0 Å². The molecule has 0 heterocycles. The van der Waals surface area contributed by atoms with Gasteiger partial charge < -0.3 is 10.6 Å². The van der Waals surface area contributed by atoms with Gasteiger partial charge in [-0.05, 0) is 42.7 Å². The lowest BCUT2D eigenvalue weighted by atomic mass is 10.0. The van der Waals surface area contributed by atoms with Crippen LogP contribution < -0.4 is 10.6 Å². The minimum atomic E-state index is -0.664. The molecule has 0 aliphatic heterocycles. The van der Waals surface area contributed by atoms with Crippen LogP contribution in [0.25, 0.3) is 0 Å². The van der Waals surface area contributed by atoms with Crippen LogP contribution in [0.2, 0.25) is 0 Å². The summed E-state index contributed by atoms with van der Waals surface area (Å²) in [7, 11) is 0. The van der Waals surface area contributed by atoms with Gasteiger partial charge in [-0.1, -0.05) is 43.7 Å². The number of carbonyl (C=O) groups is 2. The van der Waals surface area contributed by atoms with Gasteiger partial charge >= 0.3 is 0 Å². The van der Waals surface area contributed by atoms with Crippen LogP contribution in [0.1, 0.15) is 35.3 Å². The van der Waals surface area contributed by atoms with Crippen molar-refractivity contribution < 1.29 is 14.0 Å². The molecule has 1 unspecified atom stereocenters. The Hall–Kier alpha value is -2.69. The van der Waals surface area contributed by atoms with Crippen molar-refractivity contribution in [2.75, 3.05) is 0 Å². The van der Waals surface area contributed by atoms with Crippen molar-refractivity contribution >= 4 is 11.8 Å². The summed E-state index contributed by atoms with van der Waals surface area (Å²) in [5, 5.41) is 5.53. The molecule has 0 aromatic heterocycles. The third-order valence-electron chi connectivity index (χ3n) is 3.91. The van der Waals surface area contributed by atoms with E-state index < -0.39 is 6.04 Å². The average molecular weight is 342 g/mol. The van der Waals surface area contributed by atoms with Crippen LogP contribution in [0.15, 0.2) is 48.5 Å². The van der Waals surface area contributed by atoms with Gasteiger partial charge in [-0.2, -0.15) is 0 Å². The van der Waals surface area contributed by atoms with Crippen LogP contribution in [-0.2, 0) is 11.3 Å². The summed E-state index contributed by atoms with van der Waals surface area (Å²) in [5.74, 6) is -1.01. The maximum atomic E-state index is 13.2. The lowest BCUT2D eigenvalue weighted by Gasteiger charge is -2.22. The minimum absolute atomic E-state index is 0.0816. The van der Waals surface area contributed by atoms with E-state index in [1.54, 1.807) is 24.3 Å². The highest BCUT2D eigenvalue weighted by atomic mass is 19.1. The standard InChI is InChI=1S/C20H23FN2O2/c1-13(2)18(23-19(24)16-9-7-14(3)8-10-16)20(25)22-12-15-5-4-6-17(21)11-15/h4-11,13,18H,12H2,1-3H3,(H,22,25)(H,23,24). The first-order chi connectivity index (χ1) is 11.9. The van der Waals surface area contributed by atoms with E-state index in [0.717, 1.165) is 5.56 Å². The van der Waals surface area contributed by atoms with Gasteiger partial charge in [0, 0.05) is 12.1 Å². The summed E-state index contributed by atoms with van der Waals surface area (Å²) in [6.45, 7) is 5.88. The highest BCUT2D eigenvalue weighted by Gasteiger charge is 2.24. The molecule has 5 heteroatoms. The van der Waals surface area contributed by atoms with Gasteiger partial charge in [0.05, 0.1) is 0 Å². The second kappa shape index (κ2) is 8.42. The van der Waals surface area contributed by atoms with Crippen LogP contribution in [0.4, 0.5) is 4.39 Å². The fraction of sp³-hybridized carbons (Fsp3) is 0.300. The third-order valence-corrected chi connectivity index (χ3v) is 3.91. The molecule has 2 amide bonds. The number of aryl methyl sites for hydroxylation is 1. The lowest BCUT2D eigenvalue weighted by molar-refractivity contribution is -0.124. The van der Waals surface area contributed by atoms with E-state index in [4.69, 9.17) is 0 Å². The van der Waals surface area contributed by atoms with Crippen molar-refractivity contribution in [2.24, 2.45) is 5.92 Å². The Balaban J connectivity index is 2.00. The van der Waals surface area contributed by atoms with Crippen LogP contribution in [0, 0.1) is 18.7 Å². The summed E-state index contributed by atoms with van der Waals surface area (Å²) in [5.41, 5.74) is 2.24. The largest absolute Gasteiger partial charge is 0.350 e. The number of rotatable bonds is 6. The average Bonchev–Trinajstić information content (AvgIpc) is 2.57. The summed E-state index contributed by atoms with van der Waals surface area (Å²) < 4.78 is 13.2. The van der Waals surface area contributed by atoms with Gasteiger partial charge in [0.15, 0.2) is 0 Å². The molecule has 132 valence electrons. The van der Waals surface area contributed by atoms with E-state index in [-0.39, 0.29) is 30.1 Å². The molecule has 2 aromatic rings. The first-order valence-corrected chi connectivity index (χ1v) is 8.26. The molecule has 0 fully saturated rings. The summed E-state index contributed by atoms with van der Waals surface area (Å²) in [6.07, 6.45) is 0. The predicted octanol–water partition coefficient (Wildman–Crippen LogP) is 3.20. The predicted molar refractivity (Wildman–Crippen MR) is 95.5 cm³/mol. The van der Waals surface area contributed by atoms with E-state index in [9.17, 15) is 14.0 Å². The summed E-state index contributed by atoms with van der Waals surface area (Å²) in [6, 6.07) is 12.5. The second-order valence-corrected chi connectivity index (χ2v) is 6.41. The number of nitrogens with one attached hydrogen (secondary N) is 2. The molecule has 4 nitrogen and oxygen atoms in total. The van der Waals surface area contributed by atoms with Gasteiger partial charge in [0.1, 0.15) is 11.9 Å². The summed E-state index contributed by atoms with van der Waals surface area (Å²) >= 11 is 0. The van der Waals surface area contributed by atoms with Crippen molar-refractivity contribution in [2.45, 2.75) is 33.4 Å². The molecule has 0 bridgehead atoms. The number of hydrogen-bond donors (Lipinski definition) is 2. The Morgan fingerprint density at radius 3 is 2.36 bits per heavy atom. The highest BCUT2D eigenvalue weighted by molar-refractivity contribution is 5.97. The molecule has 0 saturated carbocycles. The number of hydrogen-bond acceptors (Lipinski definition) is 2. The first-order valence-electron chi connectivity index (χ1n) is 8.26. The Labute approximate surface area is 147 Å². The normalized spacial score (nSPS) is 11.9. The molecule has 2 aromatic carbocycles. The van der Waals surface area contributed by atoms with E-state index in [2.05, 4.69) is 10.6 Å². The molecular weight excluding hydrogens is 319 g/mol. The van der Waals surface area contributed by atoms with E-state index in [0.29, 0.717) is 11.1 Å². The molecule has 25 heavy (non-hydrogen) atoms. The topological polar surface area (TPSA) is 58.2 Å². The number of amides is 2. The quantitative estimate of drug-likeness (QED) is 0.847. The van der Waals surface area contributed by atoms with Gasteiger partial charge in [0.25, 0.3) is 5.91 Å². The first kappa shape index (κ1) is 18.6. The molecule has 2 N–H and O–H groups in total. The van der Waals surface area contributed by atoms with Crippen LogP contribution in [0.5, 0.6) is 0 Å². The number of carbonyl (C=O) groups excluding carboxylic acids is 2. The van der Waals surface area contributed by atoms with Crippen molar-refractivity contribution in [1.82, 2.24) is 10.6 Å². The fourth-order valence-electron chi connectivity index (χ4n) is 2.41. The van der Waals surface area contributed by atoms with Gasteiger partial charge in [-0.3, -0.25) is 9.59 Å². The third kappa shape index (κ3) is 5.41. The fourth-order valence-corrected chi connectivity index (χ4v) is 2.41. The molecule has 2 rings (SSSR count). The molecular formula is C20H23FN2O2. The molecule has 0 radical (unpaired) electrons. The zero-order valence-electron chi connectivity index (χ0n) is 14.7. The lowest BCUT2D eigenvalue weighted by Crippen LogP contribution is -2.49. The monoisotopic (exact) mass is 342 g/mol. The number of halogens is 1. The maximum absolute atomic E-state index is 13.2. The smallest absolute Gasteiger partial charge is 0.251 e. The van der Waals surface area contributed by atoms with Crippen molar-refractivity contribution in [1.29, 1.82) is 0 Å². The summed E-state index contributed by atoms with van der Waals surface area (Å²) in [4.78, 5) is 24.8. The van der Waals surface area contributed by atoms with Gasteiger partial charge in [-0.15, -0.1) is 0 Å². The second-order valence-electron chi connectivity index (χ2n) is 6.41.